The Kier molecular flexibility index (Phi) is 7.73. The minimum atomic E-state index is -0.990. The number of rotatable bonds is 8. The fourth-order valence-corrected chi connectivity index (χ4v) is 4.48. The molecule has 0 bridgehead atoms. The molecule has 168 valence electrons. The van der Waals surface area contributed by atoms with E-state index in [1.165, 1.54) is 45.2 Å². The molecule has 1 amide bonds. The van der Waals surface area contributed by atoms with Gasteiger partial charge < -0.3 is 18.9 Å². The summed E-state index contributed by atoms with van der Waals surface area (Å²) in [5, 5.41) is 2.47. The van der Waals surface area contributed by atoms with Crippen LogP contribution in [0.25, 0.3) is 0 Å². The van der Waals surface area contributed by atoms with Crippen molar-refractivity contribution >= 4 is 28.3 Å². The summed E-state index contributed by atoms with van der Waals surface area (Å²) >= 11 is 1.40. The molecule has 1 saturated carbocycles. The van der Waals surface area contributed by atoms with Crippen LogP contribution in [0.2, 0.25) is 0 Å². The number of hydrogen-bond donors (Lipinski definition) is 0. The Morgan fingerprint density at radius 2 is 1.68 bits per heavy atom. The number of esters is 1. The first-order chi connectivity index (χ1) is 15.0. The summed E-state index contributed by atoms with van der Waals surface area (Å²) in [5.74, 6) is 0.0931. The van der Waals surface area contributed by atoms with Gasteiger partial charge in [-0.1, -0.05) is 19.3 Å². The average molecular weight is 449 g/mol. The predicted molar refractivity (Wildman–Crippen MR) is 117 cm³/mol. The van der Waals surface area contributed by atoms with Crippen molar-refractivity contribution in [2.45, 2.75) is 51.2 Å². The van der Waals surface area contributed by atoms with Crippen molar-refractivity contribution in [2.24, 2.45) is 0 Å². The van der Waals surface area contributed by atoms with Crippen LogP contribution in [0, 0.1) is 0 Å². The largest absolute Gasteiger partial charge is 0.496 e. The molecule has 0 saturated heterocycles. The van der Waals surface area contributed by atoms with Crippen molar-refractivity contribution in [3.63, 3.8) is 0 Å². The Balaban J connectivity index is 1.81. The molecule has 0 unspecified atom stereocenters. The molecule has 8 nitrogen and oxygen atoms in total. The van der Waals surface area contributed by atoms with Crippen molar-refractivity contribution in [1.29, 1.82) is 0 Å². The highest BCUT2D eigenvalue weighted by Gasteiger charge is 2.33. The van der Waals surface area contributed by atoms with Crippen LogP contribution in [0.5, 0.6) is 17.2 Å². The number of thiazole rings is 1. The maximum atomic E-state index is 13.3. The molecule has 1 atom stereocenters. The van der Waals surface area contributed by atoms with Crippen LogP contribution in [0.4, 0.5) is 5.13 Å². The summed E-state index contributed by atoms with van der Waals surface area (Å²) in [6.45, 7) is 1.58. The van der Waals surface area contributed by atoms with Crippen LogP contribution in [-0.4, -0.2) is 50.3 Å². The Bertz CT molecular complexity index is 896. The van der Waals surface area contributed by atoms with Crippen LogP contribution in [-0.2, 0) is 9.53 Å². The number of anilines is 1. The van der Waals surface area contributed by atoms with Gasteiger partial charge in [0.25, 0.3) is 5.91 Å². The fraction of sp³-hybridized carbons (Fsp3) is 0.500. The van der Waals surface area contributed by atoms with Gasteiger partial charge in [0, 0.05) is 29.8 Å². The zero-order chi connectivity index (χ0) is 22.4. The van der Waals surface area contributed by atoms with E-state index in [0.717, 1.165) is 25.7 Å². The quantitative estimate of drug-likeness (QED) is 0.562. The number of nitrogens with zero attached hydrogens (tertiary/aromatic N) is 2. The molecule has 31 heavy (non-hydrogen) atoms. The summed E-state index contributed by atoms with van der Waals surface area (Å²) in [6, 6.07) is 3.09. The standard InChI is InChI=1S/C22H28N2O6S/c1-14(20(25)24(22-23-10-11-31-22)15-8-6-5-7-9-15)30-21(26)16-12-18(28-3)19(29-4)13-17(16)27-2/h10-15H,5-9H2,1-4H3/t14-/m1/s1. The number of benzene rings is 1. The molecule has 9 heteroatoms. The number of methoxy groups -OCH3 is 3. The van der Waals surface area contributed by atoms with E-state index in [2.05, 4.69) is 4.98 Å². The van der Waals surface area contributed by atoms with E-state index >= 15 is 0 Å². The van der Waals surface area contributed by atoms with Gasteiger partial charge in [-0.25, -0.2) is 9.78 Å². The second-order valence-electron chi connectivity index (χ2n) is 7.27. The van der Waals surface area contributed by atoms with Gasteiger partial charge in [0.15, 0.2) is 22.7 Å². The Morgan fingerprint density at radius 1 is 1.03 bits per heavy atom. The number of aromatic nitrogens is 1. The van der Waals surface area contributed by atoms with Gasteiger partial charge in [0.05, 0.1) is 21.3 Å². The first kappa shape index (κ1) is 22.9. The Labute approximate surface area is 186 Å². The maximum absolute atomic E-state index is 13.3. The normalized spacial score (nSPS) is 15.1. The molecular weight excluding hydrogens is 420 g/mol. The minimum absolute atomic E-state index is 0.0594. The van der Waals surface area contributed by atoms with Crippen LogP contribution < -0.4 is 19.1 Å². The van der Waals surface area contributed by atoms with Crippen molar-refractivity contribution < 1.29 is 28.5 Å². The molecule has 1 heterocycles. The molecule has 0 spiro atoms. The molecule has 3 rings (SSSR count). The summed E-state index contributed by atoms with van der Waals surface area (Å²) < 4.78 is 21.4. The van der Waals surface area contributed by atoms with Gasteiger partial charge in [-0.05, 0) is 19.8 Å². The van der Waals surface area contributed by atoms with E-state index < -0.39 is 12.1 Å². The van der Waals surface area contributed by atoms with Crippen LogP contribution in [0.15, 0.2) is 23.7 Å². The van der Waals surface area contributed by atoms with Crippen molar-refractivity contribution in [3.8, 4) is 17.2 Å². The highest BCUT2D eigenvalue weighted by molar-refractivity contribution is 7.13. The van der Waals surface area contributed by atoms with Crippen molar-refractivity contribution in [1.82, 2.24) is 4.98 Å². The third-order valence-corrected chi connectivity index (χ3v) is 6.13. The monoisotopic (exact) mass is 448 g/mol. The molecule has 0 aliphatic heterocycles. The summed E-state index contributed by atoms with van der Waals surface area (Å²) in [6.07, 6.45) is 5.81. The van der Waals surface area contributed by atoms with Gasteiger partial charge in [-0.2, -0.15) is 0 Å². The van der Waals surface area contributed by atoms with E-state index in [4.69, 9.17) is 18.9 Å². The Morgan fingerprint density at radius 3 is 2.26 bits per heavy atom. The molecule has 1 aromatic heterocycles. The summed E-state index contributed by atoms with van der Waals surface area (Å²) in [4.78, 5) is 32.3. The molecule has 1 aliphatic carbocycles. The molecule has 2 aromatic rings. The smallest absolute Gasteiger partial charge is 0.342 e. The Hall–Kier alpha value is -2.81. The van der Waals surface area contributed by atoms with Gasteiger partial charge in [-0.3, -0.25) is 9.69 Å². The van der Waals surface area contributed by atoms with Crippen molar-refractivity contribution in [2.75, 3.05) is 26.2 Å². The van der Waals surface area contributed by atoms with E-state index in [-0.39, 0.29) is 23.3 Å². The first-order valence-corrected chi connectivity index (χ1v) is 11.1. The lowest BCUT2D eigenvalue weighted by molar-refractivity contribution is -0.127. The average Bonchev–Trinajstić information content (AvgIpc) is 3.33. The van der Waals surface area contributed by atoms with Gasteiger partial charge in [0.2, 0.25) is 0 Å². The third-order valence-electron chi connectivity index (χ3n) is 5.36. The summed E-state index contributed by atoms with van der Waals surface area (Å²) in [5.41, 5.74) is 0.151. The first-order valence-electron chi connectivity index (χ1n) is 10.2. The predicted octanol–water partition coefficient (Wildman–Crippen LogP) is 4.08. The molecular formula is C22H28N2O6S. The zero-order valence-corrected chi connectivity index (χ0v) is 19.1. The number of hydrogen-bond acceptors (Lipinski definition) is 8. The van der Waals surface area contributed by atoms with E-state index in [1.54, 1.807) is 24.1 Å². The SMILES string of the molecule is COc1cc(OC)c(C(=O)O[C@H](C)C(=O)N(c2nccs2)C2CCCCC2)cc1OC. The lowest BCUT2D eigenvalue weighted by Crippen LogP contribution is -2.47. The topological polar surface area (TPSA) is 87.2 Å². The lowest BCUT2D eigenvalue weighted by atomic mass is 9.94. The second-order valence-corrected chi connectivity index (χ2v) is 8.14. The summed E-state index contributed by atoms with van der Waals surface area (Å²) in [7, 11) is 4.41. The van der Waals surface area contributed by atoms with E-state index in [1.807, 2.05) is 5.38 Å². The van der Waals surface area contributed by atoms with E-state index in [0.29, 0.717) is 16.6 Å². The van der Waals surface area contributed by atoms with Crippen LogP contribution in [0.1, 0.15) is 49.4 Å². The van der Waals surface area contributed by atoms with Gasteiger partial charge in [0.1, 0.15) is 11.3 Å². The molecule has 1 aromatic carbocycles. The minimum Gasteiger partial charge on any atom is -0.496 e. The van der Waals surface area contributed by atoms with Gasteiger partial charge >= 0.3 is 5.97 Å². The van der Waals surface area contributed by atoms with E-state index in [9.17, 15) is 9.59 Å². The molecule has 0 N–H and O–H groups in total. The number of carbonyl (C=O) groups is 2. The fourth-order valence-electron chi connectivity index (χ4n) is 3.76. The highest BCUT2D eigenvalue weighted by atomic mass is 32.1. The van der Waals surface area contributed by atoms with Crippen LogP contribution in [0.3, 0.4) is 0 Å². The number of amides is 1. The molecule has 0 radical (unpaired) electrons. The maximum Gasteiger partial charge on any atom is 0.342 e. The second kappa shape index (κ2) is 10.5. The molecule has 1 aliphatic rings. The van der Waals surface area contributed by atoms with Gasteiger partial charge in [-0.15, -0.1) is 11.3 Å². The lowest BCUT2D eigenvalue weighted by Gasteiger charge is -2.33. The molecule has 1 fully saturated rings. The third kappa shape index (κ3) is 5.10. The highest BCUT2D eigenvalue weighted by Crippen LogP contribution is 2.35. The van der Waals surface area contributed by atoms with Crippen LogP contribution >= 0.6 is 11.3 Å². The van der Waals surface area contributed by atoms with Crippen molar-refractivity contribution in [3.05, 3.63) is 29.3 Å². The number of ether oxygens (including phenoxy) is 4. The zero-order valence-electron chi connectivity index (χ0n) is 18.3. The number of carbonyl (C=O) groups excluding carboxylic acids is 2.